The highest BCUT2D eigenvalue weighted by Gasteiger charge is 2.24. The summed E-state index contributed by atoms with van der Waals surface area (Å²) in [6, 6.07) is 4.60. The van der Waals surface area contributed by atoms with Crippen molar-refractivity contribution in [2.45, 2.75) is 18.4 Å². The molecule has 2 N–H and O–H groups in total. The summed E-state index contributed by atoms with van der Waals surface area (Å²) in [5.41, 5.74) is 1.06. The Hall–Kier alpha value is -3.51. The molecule has 0 radical (unpaired) electrons. The van der Waals surface area contributed by atoms with Crippen LogP contribution in [0.15, 0.2) is 41.6 Å². The Labute approximate surface area is 191 Å². The van der Waals surface area contributed by atoms with Gasteiger partial charge in [0.15, 0.2) is 10.5 Å². The molecule has 0 saturated carbocycles. The molecule has 13 heteroatoms. The van der Waals surface area contributed by atoms with Crippen molar-refractivity contribution in [2.75, 3.05) is 11.8 Å². The van der Waals surface area contributed by atoms with Gasteiger partial charge in [-0.25, -0.2) is 27.2 Å². The maximum Gasteiger partial charge on any atom is 0.267 e. The summed E-state index contributed by atoms with van der Waals surface area (Å²) < 4.78 is 66.4. The van der Waals surface area contributed by atoms with Crippen LogP contribution < -0.4 is 14.2 Å². The van der Waals surface area contributed by atoms with E-state index in [0.717, 1.165) is 29.8 Å². The van der Waals surface area contributed by atoms with Gasteiger partial charge in [-0.3, -0.25) is 9.82 Å². The molecule has 0 aliphatic carbocycles. The second kappa shape index (κ2) is 8.79. The number of hydrogen-bond acceptors (Lipinski definition) is 7. The summed E-state index contributed by atoms with van der Waals surface area (Å²) in [6.07, 6.45) is 2.25. The summed E-state index contributed by atoms with van der Waals surface area (Å²) in [5, 5.41) is 7.32. The summed E-state index contributed by atoms with van der Waals surface area (Å²) in [4.78, 5) is 7.23. The number of rotatable bonds is 7. The monoisotopic (exact) mass is 495 g/mol. The molecule has 9 nitrogen and oxygen atoms in total. The molecular formula is C20H16ClF2N5O4S. The normalized spacial score (nSPS) is 11.5. The van der Waals surface area contributed by atoms with Crippen LogP contribution in [0, 0.1) is 18.6 Å². The zero-order valence-corrected chi connectivity index (χ0v) is 18.8. The van der Waals surface area contributed by atoms with E-state index in [1.165, 1.54) is 13.3 Å². The first kappa shape index (κ1) is 22.7. The molecule has 0 aliphatic rings. The van der Waals surface area contributed by atoms with Crippen molar-refractivity contribution in [3.63, 3.8) is 0 Å². The van der Waals surface area contributed by atoms with E-state index in [4.69, 9.17) is 21.1 Å². The van der Waals surface area contributed by atoms with E-state index in [2.05, 4.69) is 24.9 Å². The molecule has 0 atom stereocenters. The molecule has 0 bridgehead atoms. The van der Waals surface area contributed by atoms with Gasteiger partial charge in [0.1, 0.15) is 24.0 Å². The molecule has 172 valence electrons. The number of nitrogens with zero attached hydrogens (tertiary/aromatic N) is 3. The number of sulfonamides is 1. The van der Waals surface area contributed by atoms with Crippen molar-refractivity contribution >= 4 is 38.3 Å². The molecule has 0 saturated heterocycles. The molecule has 3 heterocycles. The number of pyridine rings is 2. The lowest BCUT2D eigenvalue weighted by Gasteiger charge is -2.15. The second-order valence-electron chi connectivity index (χ2n) is 6.82. The topological polar surface area (TPSA) is 119 Å². The lowest BCUT2D eigenvalue weighted by atomic mass is 10.2. The third-order valence-electron chi connectivity index (χ3n) is 4.66. The highest BCUT2D eigenvalue weighted by Crippen LogP contribution is 2.32. The van der Waals surface area contributed by atoms with Crippen LogP contribution >= 0.6 is 11.6 Å². The Morgan fingerprint density at radius 1 is 1.18 bits per heavy atom. The minimum Gasteiger partial charge on any atom is -0.487 e. The Balaban J connectivity index is 1.61. The van der Waals surface area contributed by atoms with Gasteiger partial charge in [0, 0.05) is 17.0 Å². The predicted octanol–water partition coefficient (Wildman–Crippen LogP) is 3.98. The van der Waals surface area contributed by atoms with Crippen LogP contribution in [0.5, 0.6) is 11.6 Å². The number of ether oxygens (including phenoxy) is 2. The first-order valence-corrected chi connectivity index (χ1v) is 11.2. The quantitative estimate of drug-likeness (QED) is 0.398. The van der Waals surface area contributed by atoms with E-state index >= 15 is 0 Å². The number of aryl methyl sites for hydroxylation is 1. The van der Waals surface area contributed by atoms with E-state index in [1.54, 1.807) is 13.0 Å². The molecular weight excluding hydrogens is 480 g/mol. The standard InChI is InChI=1S/C20H16ClF2N5O4S/c1-10-13-6-12(8-24-19(13)27-26-10)32-9-14-15(23)3-4-16(18(14)21)28-33(29,30)17-5-11(22)7-25-20(17)31-2/h3-8,28H,9H2,1-2H3,(H,24,26,27). The number of halogens is 3. The number of nitrogens with one attached hydrogen (secondary N) is 2. The van der Waals surface area contributed by atoms with Crippen LogP contribution in [0.3, 0.4) is 0 Å². The Morgan fingerprint density at radius 3 is 2.73 bits per heavy atom. The largest absolute Gasteiger partial charge is 0.487 e. The zero-order valence-electron chi connectivity index (χ0n) is 17.2. The van der Waals surface area contributed by atoms with Crippen molar-refractivity contribution in [1.82, 2.24) is 20.2 Å². The Kier molecular flexibility index (Phi) is 6.04. The van der Waals surface area contributed by atoms with Gasteiger partial charge < -0.3 is 9.47 Å². The van der Waals surface area contributed by atoms with Crippen LogP contribution in [0.4, 0.5) is 14.5 Å². The first-order chi connectivity index (χ1) is 15.7. The average Bonchev–Trinajstić information content (AvgIpc) is 3.16. The molecule has 3 aromatic heterocycles. The van der Waals surface area contributed by atoms with E-state index in [9.17, 15) is 17.2 Å². The fraction of sp³-hybridized carbons (Fsp3) is 0.150. The van der Waals surface area contributed by atoms with Crippen molar-refractivity contribution in [1.29, 1.82) is 0 Å². The van der Waals surface area contributed by atoms with E-state index < -0.39 is 26.6 Å². The van der Waals surface area contributed by atoms with Crippen LogP contribution in [0.1, 0.15) is 11.3 Å². The third kappa shape index (κ3) is 4.52. The summed E-state index contributed by atoms with van der Waals surface area (Å²) in [7, 11) is -3.17. The maximum absolute atomic E-state index is 14.5. The lowest BCUT2D eigenvalue weighted by molar-refractivity contribution is 0.299. The molecule has 4 rings (SSSR count). The average molecular weight is 496 g/mol. The molecule has 4 aromatic rings. The molecule has 33 heavy (non-hydrogen) atoms. The number of fused-ring (bicyclic) bond motifs is 1. The van der Waals surface area contributed by atoms with Gasteiger partial charge in [-0.2, -0.15) is 5.10 Å². The molecule has 0 unspecified atom stereocenters. The van der Waals surface area contributed by atoms with Crippen LogP contribution in [0.2, 0.25) is 5.02 Å². The van der Waals surface area contributed by atoms with E-state index in [0.29, 0.717) is 17.1 Å². The second-order valence-corrected chi connectivity index (χ2v) is 8.85. The van der Waals surface area contributed by atoms with Crippen molar-refractivity contribution in [3.8, 4) is 11.6 Å². The zero-order chi connectivity index (χ0) is 23.8. The smallest absolute Gasteiger partial charge is 0.267 e. The lowest BCUT2D eigenvalue weighted by Crippen LogP contribution is -2.16. The van der Waals surface area contributed by atoms with Gasteiger partial charge in [0.25, 0.3) is 10.0 Å². The highest BCUT2D eigenvalue weighted by atomic mass is 35.5. The molecule has 0 spiro atoms. The summed E-state index contributed by atoms with van der Waals surface area (Å²) in [5.74, 6) is -1.57. The third-order valence-corrected chi connectivity index (χ3v) is 6.46. The van der Waals surface area contributed by atoms with E-state index in [1.807, 2.05) is 0 Å². The van der Waals surface area contributed by atoms with Gasteiger partial charge in [-0.15, -0.1) is 0 Å². The fourth-order valence-electron chi connectivity index (χ4n) is 3.00. The SMILES string of the molecule is COc1ncc(F)cc1S(=O)(=O)Nc1ccc(F)c(COc2cnc3[nH]nc(C)c3c2)c1Cl. The maximum atomic E-state index is 14.5. The van der Waals surface area contributed by atoms with Gasteiger partial charge in [0.2, 0.25) is 5.88 Å². The Morgan fingerprint density at radius 2 is 1.97 bits per heavy atom. The molecule has 0 aliphatic heterocycles. The van der Waals surface area contributed by atoms with Crippen LogP contribution in [-0.4, -0.2) is 35.7 Å². The van der Waals surface area contributed by atoms with E-state index in [-0.39, 0.29) is 28.8 Å². The predicted molar refractivity (Wildman–Crippen MR) is 116 cm³/mol. The number of methoxy groups -OCH3 is 1. The fourth-order valence-corrected chi connectivity index (χ4v) is 4.52. The number of benzene rings is 1. The minimum atomic E-state index is -4.37. The minimum absolute atomic E-state index is 0.0924. The number of H-pyrrole nitrogens is 1. The molecule has 0 fully saturated rings. The molecule has 1 aromatic carbocycles. The molecule has 0 amide bonds. The first-order valence-electron chi connectivity index (χ1n) is 9.32. The Bertz CT molecular complexity index is 1460. The van der Waals surface area contributed by atoms with Crippen LogP contribution in [-0.2, 0) is 16.6 Å². The van der Waals surface area contributed by atoms with Crippen LogP contribution in [0.25, 0.3) is 11.0 Å². The number of hydrogen-bond donors (Lipinski definition) is 2. The van der Waals surface area contributed by atoms with Crippen molar-refractivity contribution in [3.05, 3.63) is 64.6 Å². The van der Waals surface area contributed by atoms with Gasteiger partial charge >= 0.3 is 0 Å². The summed E-state index contributed by atoms with van der Waals surface area (Å²) in [6.45, 7) is 1.48. The number of aromatic nitrogens is 4. The van der Waals surface area contributed by atoms with Gasteiger partial charge in [-0.1, -0.05) is 11.6 Å². The van der Waals surface area contributed by atoms with Gasteiger partial charge in [0.05, 0.1) is 35.9 Å². The number of anilines is 1. The van der Waals surface area contributed by atoms with Crippen molar-refractivity contribution in [2.24, 2.45) is 0 Å². The highest BCUT2D eigenvalue weighted by molar-refractivity contribution is 7.92. The number of aromatic amines is 1. The van der Waals surface area contributed by atoms with Crippen molar-refractivity contribution < 1.29 is 26.7 Å². The van der Waals surface area contributed by atoms with Gasteiger partial charge in [-0.05, 0) is 25.1 Å². The summed E-state index contributed by atoms with van der Waals surface area (Å²) >= 11 is 6.28.